The van der Waals surface area contributed by atoms with Crippen molar-refractivity contribution in [1.82, 2.24) is 4.90 Å². The molecule has 132 valence electrons. The summed E-state index contributed by atoms with van der Waals surface area (Å²) < 4.78 is 0. The lowest BCUT2D eigenvalue weighted by Gasteiger charge is -2.21. The maximum Gasteiger partial charge on any atom is 0.257 e. The van der Waals surface area contributed by atoms with Gasteiger partial charge in [0.15, 0.2) is 0 Å². The van der Waals surface area contributed by atoms with Gasteiger partial charge in [0.2, 0.25) is 0 Å². The molecular formula is C20H24N2O2S. The van der Waals surface area contributed by atoms with E-state index in [-0.39, 0.29) is 11.8 Å². The summed E-state index contributed by atoms with van der Waals surface area (Å²) in [5.41, 5.74) is 2.47. The maximum absolute atomic E-state index is 13.1. The van der Waals surface area contributed by atoms with Crippen molar-refractivity contribution in [2.45, 2.75) is 39.5 Å². The van der Waals surface area contributed by atoms with Crippen LogP contribution in [-0.2, 0) is 12.8 Å². The van der Waals surface area contributed by atoms with Crippen LogP contribution in [0.5, 0.6) is 0 Å². The first-order chi connectivity index (χ1) is 12.2. The number of thiophene rings is 1. The molecule has 0 radical (unpaired) electrons. The van der Waals surface area contributed by atoms with Crippen LogP contribution in [0.15, 0.2) is 30.3 Å². The minimum absolute atomic E-state index is 0.0350. The quantitative estimate of drug-likeness (QED) is 0.865. The van der Waals surface area contributed by atoms with Crippen molar-refractivity contribution in [2.75, 3.05) is 18.4 Å². The molecule has 1 aromatic carbocycles. The summed E-state index contributed by atoms with van der Waals surface area (Å²) >= 11 is 1.57. The van der Waals surface area contributed by atoms with Gasteiger partial charge >= 0.3 is 0 Å². The molecule has 1 aromatic heterocycles. The third-order valence-electron chi connectivity index (χ3n) is 4.70. The zero-order valence-corrected chi connectivity index (χ0v) is 15.6. The van der Waals surface area contributed by atoms with Crippen LogP contribution in [0.4, 0.5) is 5.00 Å². The Morgan fingerprint density at radius 2 is 1.76 bits per heavy atom. The highest BCUT2D eigenvalue weighted by molar-refractivity contribution is 7.17. The van der Waals surface area contributed by atoms with Gasteiger partial charge in [-0.25, -0.2) is 0 Å². The van der Waals surface area contributed by atoms with Crippen LogP contribution < -0.4 is 5.32 Å². The molecule has 3 rings (SSSR count). The standard InChI is InChI=1S/C20H24N2O2S/c1-3-22(4-2)20(24)17-15-12-8-9-13-16(15)25-19(17)21-18(23)14-10-6-5-7-11-14/h5-7,10-11H,3-4,8-9,12-13H2,1-2H3,(H,21,23). The van der Waals surface area contributed by atoms with Crippen molar-refractivity contribution < 1.29 is 9.59 Å². The molecule has 4 nitrogen and oxygen atoms in total. The largest absolute Gasteiger partial charge is 0.339 e. The summed E-state index contributed by atoms with van der Waals surface area (Å²) in [6.07, 6.45) is 4.18. The lowest BCUT2D eigenvalue weighted by atomic mass is 9.95. The normalized spacial score (nSPS) is 13.2. The number of anilines is 1. The molecule has 0 spiro atoms. The second-order valence-corrected chi connectivity index (χ2v) is 7.32. The van der Waals surface area contributed by atoms with Crippen molar-refractivity contribution in [2.24, 2.45) is 0 Å². The first-order valence-electron chi connectivity index (χ1n) is 8.95. The molecule has 0 unspecified atom stereocenters. The summed E-state index contributed by atoms with van der Waals surface area (Å²) in [6.45, 7) is 5.32. The van der Waals surface area contributed by atoms with Crippen molar-refractivity contribution in [3.8, 4) is 0 Å². The first-order valence-corrected chi connectivity index (χ1v) is 9.77. The van der Waals surface area contributed by atoms with E-state index in [1.165, 1.54) is 4.88 Å². The fourth-order valence-corrected chi connectivity index (χ4v) is 4.59. The lowest BCUT2D eigenvalue weighted by molar-refractivity contribution is 0.0773. The SMILES string of the molecule is CCN(CC)C(=O)c1c(NC(=O)c2ccccc2)sc2c1CCCC2. The van der Waals surface area contributed by atoms with Crippen molar-refractivity contribution >= 4 is 28.2 Å². The van der Waals surface area contributed by atoms with E-state index in [1.807, 2.05) is 36.9 Å². The minimum atomic E-state index is -0.159. The Morgan fingerprint density at radius 1 is 1.08 bits per heavy atom. The van der Waals surface area contributed by atoms with Crippen molar-refractivity contribution in [3.63, 3.8) is 0 Å². The molecule has 25 heavy (non-hydrogen) atoms. The van der Waals surface area contributed by atoms with E-state index in [0.717, 1.165) is 31.2 Å². The first kappa shape index (κ1) is 17.7. The molecule has 5 heteroatoms. The molecule has 1 aliphatic carbocycles. The maximum atomic E-state index is 13.1. The predicted molar refractivity (Wildman–Crippen MR) is 103 cm³/mol. The zero-order valence-electron chi connectivity index (χ0n) is 14.8. The second-order valence-electron chi connectivity index (χ2n) is 6.21. The number of amides is 2. The number of carbonyl (C=O) groups is 2. The molecule has 2 aromatic rings. The number of benzene rings is 1. The summed E-state index contributed by atoms with van der Waals surface area (Å²) in [6, 6.07) is 9.14. The Kier molecular flexibility index (Phi) is 5.53. The number of hydrogen-bond donors (Lipinski definition) is 1. The van der Waals surface area contributed by atoms with Gasteiger partial charge in [-0.05, 0) is 57.2 Å². The Bertz CT molecular complexity index is 764. The highest BCUT2D eigenvalue weighted by Gasteiger charge is 2.28. The molecule has 0 fully saturated rings. The van der Waals surface area contributed by atoms with Crippen LogP contribution in [0, 0.1) is 0 Å². The highest BCUT2D eigenvalue weighted by atomic mass is 32.1. The number of nitrogens with one attached hydrogen (secondary N) is 1. The van der Waals surface area contributed by atoms with Crippen LogP contribution >= 0.6 is 11.3 Å². The number of aryl methyl sites for hydroxylation is 1. The Morgan fingerprint density at radius 3 is 2.44 bits per heavy atom. The number of fused-ring (bicyclic) bond motifs is 1. The number of rotatable bonds is 5. The van der Waals surface area contributed by atoms with E-state index in [4.69, 9.17) is 0 Å². The Labute approximate surface area is 152 Å². The third kappa shape index (κ3) is 3.61. The average Bonchev–Trinajstić information content (AvgIpc) is 3.01. The van der Waals surface area contributed by atoms with E-state index < -0.39 is 0 Å². The Hall–Kier alpha value is -2.14. The fourth-order valence-electron chi connectivity index (χ4n) is 3.31. The molecular weight excluding hydrogens is 332 g/mol. The van der Waals surface area contributed by atoms with E-state index in [0.29, 0.717) is 29.2 Å². The minimum Gasteiger partial charge on any atom is -0.339 e. The van der Waals surface area contributed by atoms with E-state index in [9.17, 15) is 9.59 Å². The van der Waals surface area contributed by atoms with Gasteiger partial charge < -0.3 is 10.2 Å². The highest BCUT2D eigenvalue weighted by Crippen LogP contribution is 2.39. The van der Waals surface area contributed by atoms with Gasteiger partial charge in [-0.2, -0.15) is 0 Å². The molecule has 0 atom stereocenters. The molecule has 0 saturated carbocycles. The van der Waals surface area contributed by atoms with Crippen molar-refractivity contribution in [1.29, 1.82) is 0 Å². The molecule has 0 saturated heterocycles. The van der Waals surface area contributed by atoms with Gasteiger partial charge in [-0.1, -0.05) is 18.2 Å². The van der Waals surface area contributed by atoms with Crippen LogP contribution in [0.2, 0.25) is 0 Å². The zero-order chi connectivity index (χ0) is 17.8. The second kappa shape index (κ2) is 7.83. The van der Waals surface area contributed by atoms with Crippen LogP contribution in [0.25, 0.3) is 0 Å². The topological polar surface area (TPSA) is 49.4 Å². The third-order valence-corrected chi connectivity index (χ3v) is 5.91. The van der Waals surface area contributed by atoms with Gasteiger partial charge in [0.1, 0.15) is 5.00 Å². The number of carbonyl (C=O) groups excluding carboxylic acids is 2. The molecule has 1 aliphatic rings. The smallest absolute Gasteiger partial charge is 0.257 e. The predicted octanol–water partition coefficient (Wildman–Crippen LogP) is 4.36. The lowest BCUT2D eigenvalue weighted by Crippen LogP contribution is -2.31. The van der Waals surface area contributed by atoms with Gasteiger partial charge in [-0.3, -0.25) is 9.59 Å². The summed E-state index contributed by atoms with van der Waals surface area (Å²) in [5, 5.41) is 3.71. The van der Waals surface area contributed by atoms with Gasteiger partial charge in [0.05, 0.1) is 5.56 Å². The van der Waals surface area contributed by atoms with Crippen LogP contribution in [-0.4, -0.2) is 29.8 Å². The number of nitrogens with zero attached hydrogens (tertiary/aromatic N) is 1. The Balaban J connectivity index is 1.97. The van der Waals surface area contributed by atoms with Gasteiger partial charge in [-0.15, -0.1) is 11.3 Å². The molecule has 1 N–H and O–H groups in total. The van der Waals surface area contributed by atoms with E-state index >= 15 is 0 Å². The summed E-state index contributed by atoms with van der Waals surface area (Å²) in [7, 11) is 0. The van der Waals surface area contributed by atoms with Gasteiger partial charge in [0, 0.05) is 23.5 Å². The molecule has 0 bridgehead atoms. The van der Waals surface area contributed by atoms with E-state index in [1.54, 1.807) is 23.5 Å². The van der Waals surface area contributed by atoms with E-state index in [2.05, 4.69) is 5.32 Å². The number of hydrogen-bond acceptors (Lipinski definition) is 3. The average molecular weight is 356 g/mol. The molecule has 1 heterocycles. The molecule has 2 amide bonds. The summed E-state index contributed by atoms with van der Waals surface area (Å²) in [4.78, 5) is 28.7. The fraction of sp³-hybridized carbons (Fsp3) is 0.400. The summed E-state index contributed by atoms with van der Waals surface area (Å²) in [5.74, 6) is -0.124. The molecule has 0 aliphatic heterocycles. The van der Waals surface area contributed by atoms with Crippen LogP contribution in [0.1, 0.15) is 57.8 Å². The monoisotopic (exact) mass is 356 g/mol. The van der Waals surface area contributed by atoms with Crippen LogP contribution in [0.3, 0.4) is 0 Å². The van der Waals surface area contributed by atoms with Crippen molar-refractivity contribution in [3.05, 3.63) is 51.9 Å². The van der Waals surface area contributed by atoms with Gasteiger partial charge in [0.25, 0.3) is 11.8 Å².